The number of carbonyl (C=O) groups is 1. The predicted octanol–water partition coefficient (Wildman–Crippen LogP) is 3.80. The lowest BCUT2D eigenvalue weighted by Gasteiger charge is -2.28. The maximum atomic E-state index is 13.4. The van der Waals surface area contributed by atoms with Gasteiger partial charge in [0.2, 0.25) is 5.91 Å². The predicted molar refractivity (Wildman–Crippen MR) is 114 cm³/mol. The molecule has 0 radical (unpaired) electrons. The van der Waals surface area contributed by atoms with E-state index in [-0.39, 0.29) is 23.4 Å². The molecule has 6 heteroatoms. The largest absolute Gasteiger partial charge is 0.352 e. The van der Waals surface area contributed by atoms with E-state index >= 15 is 0 Å². The minimum atomic E-state index is -3.86. The standard InChI is InChI=1S/C23H28N2O3S/c1-16-8-9-17(2)22(12-16)25(29(27,28)20-6-4-3-5-7-20)15-23(26)24-21-14-18-10-11-19(21)13-18/h3-9,12,18-19,21H,10-11,13-15H2,1-2H3,(H,24,26)/t18-,19+,21-/m1/s1. The summed E-state index contributed by atoms with van der Waals surface area (Å²) in [6, 6.07) is 14.2. The van der Waals surface area contributed by atoms with Crippen molar-refractivity contribution in [2.45, 2.75) is 50.5 Å². The smallest absolute Gasteiger partial charge is 0.264 e. The molecule has 2 aliphatic carbocycles. The molecule has 2 saturated carbocycles. The van der Waals surface area contributed by atoms with E-state index in [1.54, 1.807) is 30.3 Å². The van der Waals surface area contributed by atoms with Crippen LogP contribution in [-0.4, -0.2) is 26.9 Å². The molecule has 0 spiro atoms. The first-order valence-electron chi connectivity index (χ1n) is 10.3. The van der Waals surface area contributed by atoms with Crippen molar-refractivity contribution < 1.29 is 13.2 Å². The fourth-order valence-corrected chi connectivity index (χ4v) is 6.31. The number of amides is 1. The molecule has 154 valence electrons. The van der Waals surface area contributed by atoms with Gasteiger partial charge in [-0.15, -0.1) is 0 Å². The van der Waals surface area contributed by atoms with Crippen molar-refractivity contribution >= 4 is 21.6 Å². The maximum Gasteiger partial charge on any atom is 0.264 e. The quantitative estimate of drug-likeness (QED) is 0.785. The van der Waals surface area contributed by atoms with Gasteiger partial charge in [0.15, 0.2) is 0 Å². The summed E-state index contributed by atoms with van der Waals surface area (Å²) in [6.45, 7) is 3.58. The average molecular weight is 413 g/mol. The summed E-state index contributed by atoms with van der Waals surface area (Å²) in [6.07, 6.45) is 4.63. The van der Waals surface area contributed by atoms with Gasteiger partial charge in [-0.25, -0.2) is 8.42 Å². The Kier molecular flexibility index (Phi) is 5.38. The summed E-state index contributed by atoms with van der Waals surface area (Å²) in [5.41, 5.74) is 2.33. The first-order chi connectivity index (χ1) is 13.8. The Balaban J connectivity index is 1.63. The lowest BCUT2D eigenvalue weighted by molar-refractivity contribution is -0.120. The van der Waals surface area contributed by atoms with E-state index in [0.717, 1.165) is 17.5 Å². The van der Waals surface area contributed by atoms with Crippen molar-refractivity contribution in [2.75, 3.05) is 10.8 Å². The van der Waals surface area contributed by atoms with Crippen molar-refractivity contribution in [3.8, 4) is 0 Å². The second-order valence-corrected chi connectivity index (χ2v) is 10.3. The summed E-state index contributed by atoms with van der Waals surface area (Å²) in [7, 11) is -3.86. The Morgan fingerprint density at radius 3 is 2.48 bits per heavy atom. The van der Waals surface area contributed by atoms with Crippen molar-refractivity contribution in [1.82, 2.24) is 5.32 Å². The molecule has 2 aliphatic rings. The Morgan fingerprint density at radius 1 is 1.07 bits per heavy atom. The van der Waals surface area contributed by atoms with E-state index in [2.05, 4.69) is 5.32 Å². The molecule has 1 N–H and O–H groups in total. The van der Waals surface area contributed by atoms with Gasteiger partial charge < -0.3 is 5.32 Å². The molecule has 4 rings (SSSR count). The first kappa shape index (κ1) is 20.0. The van der Waals surface area contributed by atoms with Gasteiger partial charge in [-0.2, -0.15) is 0 Å². The van der Waals surface area contributed by atoms with Crippen molar-refractivity contribution in [2.24, 2.45) is 11.8 Å². The summed E-state index contributed by atoms with van der Waals surface area (Å²) >= 11 is 0. The maximum absolute atomic E-state index is 13.4. The van der Waals surface area contributed by atoms with Crippen LogP contribution in [0.3, 0.4) is 0 Å². The fourth-order valence-electron chi connectivity index (χ4n) is 4.81. The van der Waals surface area contributed by atoms with Crippen LogP contribution >= 0.6 is 0 Å². The number of benzene rings is 2. The van der Waals surface area contributed by atoms with Gasteiger partial charge in [0.25, 0.3) is 10.0 Å². The van der Waals surface area contributed by atoms with Crippen LogP contribution in [0.15, 0.2) is 53.4 Å². The van der Waals surface area contributed by atoms with Gasteiger partial charge in [-0.1, -0.05) is 36.8 Å². The third-order valence-electron chi connectivity index (χ3n) is 6.34. The van der Waals surface area contributed by atoms with Gasteiger partial charge in [0.05, 0.1) is 10.6 Å². The molecule has 5 nitrogen and oxygen atoms in total. The molecule has 0 aromatic heterocycles. The highest BCUT2D eigenvalue weighted by atomic mass is 32.2. The van der Waals surface area contributed by atoms with Crippen LogP contribution in [0.1, 0.15) is 36.8 Å². The number of rotatable bonds is 6. The molecule has 0 aliphatic heterocycles. The third-order valence-corrected chi connectivity index (χ3v) is 8.11. The Bertz CT molecular complexity index is 1000. The SMILES string of the molecule is Cc1ccc(C)c(N(CC(=O)N[C@@H]2C[C@@H]3CC[C@H]2C3)S(=O)(=O)c2ccccc2)c1. The minimum absolute atomic E-state index is 0.182. The average Bonchev–Trinajstić information content (AvgIpc) is 3.32. The summed E-state index contributed by atoms with van der Waals surface area (Å²) in [5, 5.41) is 3.12. The number of aryl methyl sites for hydroxylation is 2. The molecular formula is C23H28N2O3S. The molecule has 2 fully saturated rings. The van der Waals surface area contributed by atoms with Gasteiger partial charge in [-0.3, -0.25) is 9.10 Å². The molecule has 1 amide bonds. The Morgan fingerprint density at radius 2 is 1.83 bits per heavy atom. The number of anilines is 1. The molecule has 0 unspecified atom stereocenters. The molecule has 2 bridgehead atoms. The van der Waals surface area contributed by atoms with Crippen LogP contribution < -0.4 is 9.62 Å². The number of nitrogens with zero attached hydrogens (tertiary/aromatic N) is 1. The highest BCUT2D eigenvalue weighted by Gasteiger charge is 2.40. The number of hydrogen-bond donors (Lipinski definition) is 1. The number of hydrogen-bond acceptors (Lipinski definition) is 3. The van der Waals surface area contributed by atoms with E-state index in [4.69, 9.17) is 0 Å². The zero-order valence-electron chi connectivity index (χ0n) is 17.0. The van der Waals surface area contributed by atoms with E-state index in [1.807, 2.05) is 32.0 Å². The Hall–Kier alpha value is -2.34. The van der Waals surface area contributed by atoms with Crippen molar-refractivity contribution in [1.29, 1.82) is 0 Å². The number of carbonyl (C=O) groups excluding carboxylic acids is 1. The topological polar surface area (TPSA) is 66.5 Å². The molecule has 0 saturated heterocycles. The van der Waals surface area contributed by atoms with E-state index in [0.29, 0.717) is 17.5 Å². The number of sulfonamides is 1. The Labute approximate surface area is 173 Å². The highest BCUT2D eigenvalue weighted by Crippen LogP contribution is 2.44. The van der Waals surface area contributed by atoms with Gasteiger partial charge in [-0.05, 0) is 74.3 Å². The second kappa shape index (κ2) is 7.82. The minimum Gasteiger partial charge on any atom is -0.352 e. The lowest BCUT2D eigenvalue weighted by Crippen LogP contribution is -2.46. The van der Waals surface area contributed by atoms with E-state index < -0.39 is 10.0 Å². The fraction of sp³-hybridized carbons (Fsp3) is 0.435. The molecule has 29 heavy (non-hydrogen) atoms. The molecular weight excluding hydrogens is 384 g/mol. The van der Waals surface area contributed by atoms with Crippen LogP contribution in [0.25, 0.3) is 0 Å². The number of nitrogens with one attached hydrogen (secondary N) is 1. The first-order valence-corrected chi connectivity index (χ1v) is 11.7. The second-order valence-electron chi connectivity index (χ2n) is 8.46. The zero-order chi connectivity index (χ0) is 20.6. The van der Waals surface area contributed by atoms with Crippen molar-refractivity contribution in [3.63, 3.8) is 0 Å². The zero-order valence-corrected chi connectivity index (χ0v) is 17.8. The van der Waals surface area contributed by atoms with Crippen molar-refractivity contribution in [3.05, 3.63) is 59.7 Å². The monoisotopic (exact) mass is 412 g/mol. The molecule has 2 aromatic carbocycles. The van der Waals surface area contributed by atoms with Crippen LogP contribution in [0.2, 0.25) is 0 Å². The summed E-state index contributed by atoms with van der Waals surface area (Å²) in [4.78, 5) is 13.1. The normalized spacial score (nSPS) is 23.2. The van der Waals surface area contributed by atoms with Gasteiger partial charge in [0.1, 0.15) is 6.54 Å². The van der Waals surface area contributed by atoms with Gasteiger partial charge in [0, 0.05) is 6.04 Å². The highest BCUT2D eigenvalue weighted by molar-refractivity contribution is 7.92. The summed E-state index contributed by atoms with van der Waals surface area (Å²) < 4.78 is 28.1. The third kappa shape index (κ3) is 4.04. The molecule has 2 aromatic rings. The van der Waals surface area contributed by atoms with Crippen LogP contribution in [0.4, 0.5) is 5.69 Å². The van der Waals surface area contributed by atoms with E-state index in [1.165, 1.54) is 23.6 Å². The number of fused-ring (bicyclic) bond motifs is 2. The van der Waals surface area contributed by atoms with E-state index in [9.17, 15) is 13.2 Å². The molecule has 3 atom stereocenters. The summed E-state index contributed by atoms with van der Waals surface area (Å²) in [5.74, 6) is 1.03. The van der Waals surface area contributed by atoms with Gasteiger partial charge >= 0.3 is 0 Å². The van der Waals surface area contributed by atoms with Crippen LogP contribution in [0.5, 0.6) is 0 Å². The lowest BCUT2D eigenvalue weighted by atomic mass is 9.95. The molecule has 0 heterocycles. The van der Waals surface area contributed by atoms with Crippen LogP contribution in [0, 0.1) is 25.7 Å². The van der Waals surface area contributed by atoms with Crippen LogP contribution in [-0.2, 0) is 14.8 Å².